The van der Waals surface area contributed by atoms with E-state index in [-0.39, 0.29) is 18.1 Å². The van der Waals surface area contributed by atoms with E-state index in [9.17, 15) is 9.59 Å². The number of nitrogens with zero attached hydrogens (tertiary/aromatic N) is 3. The Morgan fingerprint density at radius 1 is 1.48 bits per heavy atom. The molecule has 1 aliphatic heterocycles. The Morgan fingerprint density at radius 2 is 2.29 bits per heavy atom. The topological polar surface area (TPSA) is 75.4 Å². The van der Waals surface area contributed by atoms with Gasteiger partial charge in [-0.1, -0.05) is 13.3 Å². The highest BCUT2D eigenvalue weighted by atomic mass is 16.3. The SMILES string of the molecule is CCCCn1nc(C(=O)N2CCC(CCO)C2)ccc1=O. The molecule has 0 saturated carbocycles. The number of hydrogen-bond acceptors (Lipinski definition) is 4. The number of amides is 1. The quantitative estimate of drug-likeness (QED) is 0.845. The third-order valence-electron chi connectivity index (χ3n) is 3.92. The fraction of sp³-hybridized carbons (Fsp3) is 0.667. The lowest BCUT2D eigenvalue weighted by atomic mass is 10.1. The molecule has 1 amide bonds. The van der Waals surface area contributed by atoms with E-state index < -0.39 is 0 Å². The Hall–Kier alpha value is -1.69. The third kappa shape index (κ3) is 3.91. The molecule has 0 aromatic carbocycles. The van der Waals surface area contributed by atoms with Crippen LogP contribution in [0.15, 0.2) is 16.9 Å². The number of carbonyl (C=O) groups is 1. The van der Waals surface area contributed by atoms with Crippen molar-refractivity contribution in [1.29, 1.82) is 0 Å². The Morgan fingerprint density at radius 3 is 3.00 bits per heavy atom. The molecule has 0 spiro atoms. The number of aliphatic hydroxyl groups is 1. The van der Waals surface area contributed by atoms with E-state index in [1.54, 1.807) is 4.90 Å². The van der Waals surface area contributed by atoms with Crippen molar-refractivity contribution in [3.8, 4) is 0 Å². The van der Waals surface area contributed by atoms with Gasteiger partial charge < -0.3 is 10.0 Å². The van der Waals surface area contributed by atoms with Gasteiger partial charge in [-0.2, -0.15) is 5.10 Å². The first-order valence-corrected chi connectivity index (χ1v) is 7.64. The zero-order valence-corrected chi connectivity index (χ0v) is 12.5. The van der Waals surface area contributed by atoms with Crippen molar-refractivity contribution in [3.63, 3.8) is 0 Å². The Balaban J connectivity index is 2.07. The van der Waals surface area contributed by atoms with Crippen LogP contribution >= 0.6 is 0 Å². The highest BCUT2D eigenvalue weighted by molar-refractivity contribution is 5.92. The minimum atomic E-state index is -0.167. The van der Waals surface area contributed by atoms with E-state index in [0.29, 0.717) is 31.2 Å². The molecule has 1 saturated heterocycles. The zero-order chi connectivity index (χ0) is 15.2. The predicted molar refractivity (Wildman–Crippen MR) is 79.1 cm³/mol. The number of aromatic nitrogens is 2. The molecule has 0 radical (unpaired) electrons. The molecule has 0 aliphatic carbocycles. The van der Waals surface area contributed by atoms with Gasteiger partial charge >= 0.3 is 0 Å². The van der Waals surface area contributed by atoms with E-state index in [1.165, 1.54) is 16.8 Å². The van der Waals surface area contributed by atoms with Gasteiger partial charge in [0.05, 0.1) is 0 Å². The lowest BCUT2D eigenvalue weighted by molar-refractivity contribution is 0.0776. The highest BCUT2D eigenvalue weighted by Crippen LogP contribution is 2.20. The lowest BCUT2D eigenvalue weighted by Gasteiger charge is -2.16. The summed E-state index contributed by atoms with van der Waals surface area (Å²) in [4.78, 5) is 25.9. The summed E-state index contributed by atoms with van der Waals surface area (Å²) < 4.78 is 1.37. The molecule has 1 aliphatic rings. The molecule has 1 aromatic heterocycles. The van der Waals surface area contributed by atoms with Crippen molar-refractivity contribution in [2.75, 3.05) is 19.7 Å². The number of aryl methyl sites for hydroxylation is 1. The first kappa shape index (κ1) is 15.7. The number of carbonyl (C=O) groups excluding carboxylic acids is 1. The van der Waals surface area contributed by atoms with Gasteiger partial charge in [0.2, 0.25) is 0 Å². The molecule has 1 aromatic rings. The van der Waals surface area contributed by atoms with Crippen LogP contribution in [0.5, 0.6) is 0 Å². The molecule has 1 fully saturated rings. The molecule has 2 heterocycles. The summed E-state index contributed by atoms with van der Waals surface area (Å²) in [5, 5.41) is 13.2. The molecule has 6 heteroatoms. The minimum absolute atomic E-state index is 0.124. The Kier molecular flexibility index (Phi) is 5.50. The summed E-state index contributed by atoms with van der Waals surface area (Å²) in [6.45, 7) is 4.11. The van der Waals surface area contributed by atoms with Crippen LogP contribution in [0.3, 0.4) is 0 Å². The standard InChI is InChI=1S/C15H23N3O3/c1-2-3-8-18-14(20)5-4-13(16-18)15(21)17-9-6-12(11-17)7-10-19/h4-5,12,19H,2-3,6-11H2,1H3. The van der Waals surface area contributed by atoms with Gasteiger partial charge in [0.15, 0.2) is 0 Å². The van der Waals surface area contributed by atoms with E-state index in [4.69, 9.17) is 5.11 Å². The van der Waals surface area contributed by atoms with Gasteiger partial charge in [0.25, 0.3) is 11.5 Å². The number of likely N-dealkylation sites (tertiary alicyclic amines) is 1. The highest BCUT2D eigenvalue weighted by Gasteiger charge is 2.27. The maximum atomic E-state index is 12.4. The molecule has 6 nitrogen and oxygen atoms in total. The molecule has 116 valence electrons. The molecule has 1 N–H and O–H groups in total. The second kappa shape index (κ2) is 7.36. The van der Waals surface area contributed by atoms with Gasteiger partial charge in [-0.25, -0.2) is 4.68 Å². The maximum absolute atomic E-state index is 12.4. The van der Waals surface area contributed by atoms with E-state index >= 15 is 0 Å². The molecule has 21 heavy (non-hydrogen) atoms. The van der Waals surface area contributed by atoms with Crippen molar-refractivity contribution in [3.05, 3.63) is 28.2 Å². The van der Waals surface area contributed by atoms with Crippen LogP contribution in [-0.4, -0.2) is 45.4 Å². The third-order valence-corrected chi connectivity index (χ3v) is 3.92. The van der Waals surface area contributed by atoms with Crippen LogP contribution in [0.2, 0.25) is 0 Å². The molecule has 2 rings (SSSR count). The van der Waals surface area contributed by atoms with Crippen molar-refractivity contribution in [2.24, 2.45) is 5.92 Å². The molecule has 0 bridgehead atoms. The van der Waals surface area contributed by atoms with Crippen LogP contribution in [0.4, 0.5) is 0 Å². The number of rotatable bonds is 6. The van der Waals surface area contributed by atoms with E-state index in [1.807, 2.05) is 6.92 Å². The van der Waals surface area contributed by atoms with Crippen molar-refractivity contribution in [2.45, 2.75) is 39.2 Å². The first-order chi connectivity index (χ1) is 10.2. The molecule has 1 atom stereocenters. The van der Waals surface area contributed by atoms with E-state index in [0.717, 1.165) is 25.7 Å². The fourth-order valence-electron chi connectivity index (χ4n) is 2.63. The molecular formula is C15H23N3O3. The number of unbranched alkanes of at least 4 members (excludes halogenated alkanes) is 1. The van der Waals surface area contributed by atoms with E-state index in [2.05, 4.69) is 5.10 Å². The van der Waals surface area contributed by atoms with Gasteiger partial charge in [0, 0.05) is 32.3 Å². The molecule has 1 unspecified atom stereocenters. The second-order valence-corrected chi connectivity index (χ2v) is 5.55. The lowest BCUT2D eigenvalue weighted by Crippen LogP contribution is -2.32. The molecular weight excluding hydrogens is 270 g/mol. The van der Waals surface area contributed by atoms with Crippen LogP contribution in [0.25, 0.3) is 0 Å². The van der Waals surface area contributed by atoms with Crippen LogP contribution in [0.1, 0.15) is 43.1 Å². The monoisotopic (exact) mass is 293 g/mol. The van der Waals surface area contributed by atoms with Gasteiger partial charge in [-0.05, 0) is 31.2 Å². The average molecular weight is 293 g/mol. The summed E-state index contributed by atoms with van der Waals surface area (Å²) in [6, 6.07) is 2.92. The Labute approximate surface area is 124 Å². The normalized spacial score (nSPS) is 18.2. The summed E-state index contributed by atoms with van der Waals surface area (Å²) in [6.07, 6.45) is 3.49. The van der Waals surface area contributed by atoms with Crippen molar-refractivity contribution in [1.82, 2.24) is 14.7 Å². The van der Waals surface area contributed by atoms with Crippen molar-refractivity contribution < 1.29 is 9.90 Å². The largest absolute Gasteiger partial charge is 0.396 e. The number of hydrogen-bond donors (Lipinski definition) is 1. The second-order valence-electron chi connectivity index (χ2n) is 5.55. The minimum Gasteiger partial charge on any atom is -0.396 e. The van der Waals surface area contributed by atoms with Crippen LogP contribution in [-0.2, 0) is 6.54 Å². The summed E-state index contributed by atoms with van der Waals surface area (Å²) in [7, 11) is 0. The average Bonchev–Trinajstić information content (AvgIpc) is 2.95. The van der Waals surface area contributed by atoms with Crippen molar-refractivity contribution >= 4 is 5.91 Å². The fourth-order valence-corrected chi connectivity index (χ4v) is 2.63. The zero-order valence-electron chi connectivity index (χ0n) is 12.5. The first-order valence-electron chi connectivity index (χ1n) is 7.64. The van der Waals surface area contributed by atoms with Gasteiger partial charge in [-0.3, -0.25) is 9.59 Å². The van der Waals surface area contributed by atoms with Gasteiger partial charge in [0.1, 0.15) is 5.69 Å². The van der Waals surface area contributed by atoms with Crippen LogP contribution < -0.4 is 5.56 Å². The van der Waals surface area contributed by atoms with Crippen LogP contribution in [0, 0.1) is 5.92 Å². The summed E-state index contributed by atoms with van der Waals surface area (Å²) >= 11 is 0. The Bertz CT molecular complexity index is 541. The van der Waals surface area contributed by atoms with Gasteiger partial charge in [-0.15, -0.1) is 0 Å². The maximum Gasteiger partial charge on any atom is 0.274 e. The smallest absolute Gasteiger partial charge is 0.274 e. The summed E-state index contributed by atoms with van der Waals surface area (Å²) in [5.41, 5.74) is 0.162. The predicted octanol–water partition coefficient (Wildman–Crippen LogP) is 0.888. The number of aliphatic hydroxyl groups excluding tert-OH is 1. The summed E-state index contributed by atoms with van der Waals surface area (Å²) in [5.74, 6) is 0.241.